The van der Waals surface area contributed by atoms with Gasteiger partial charge < -0.3 is 19.2 Å². The molecule has 0 spiro atoms. The van der Waals surface area contributed by atoms with Crippen LogP contribution in [0.25, 0.3) is 11.0 Å². The number of nitrogens with zero attached hydrogens (tertiary/aromatic N) is 1. The normalized spacial score (nSPS) is 15.0. The van der Waals surface area contributed by atoms with E-state index in [1.165, 1.54) is 6.07 Å². The van der Waals surface area contributed by atoms with E-state index in [0.29, 0.717) is 37.3 Å². The second-order valence-corrected chi connectivity index (χ2v) is 7.13. The van der Waals surface area contributed by atoms with Crippen molar-refractivity contribution in [1.82, 2.24) is 4.90 Å². The number of unbranched alkanes of at least 4 members (excludes halogenated alkanes) is 1. The third-order valence-corrected chi connectivity index (χ3v) is 5.16. The van der Waals surface area contributed by atoms with Gasteiger partial charge in [-0.05, 0) is 43.4 Å². The van der Waals surface area contributed by atoms with Crippen LogP contribution in [0.2, 0.25) is 0 Å². The molecule has 0 saturated carbocycles. The highest BCUT2D eigenvalue weighted by molar-refractivity contribution is 5.82. The molecular formula is C21H25NO6. The van der Waals surface area contributed by atoms with E-state index in [9.17, 15) is 14.4 Å². The SMILES string of the molecule is CCCCc1cc(=O)oc2cc(OCC(=O)N3CCC(C(=O)O)CC3)ccc12. The summed E-state index contributed by atoms with van der Waals surface area (Å²) in [5, 5.41) is 9.91. The number of carbonyl (C=O) groups excluding carboxylic acids is 1. The Morgan fingerprint density at radius 3 is 2.68 bits per heavy atom. The van der Waals surface area contributed by atoms with Gasteiger partial charge in [0.25, 0.3) is 5.91 Å². The van der Waals surface area contributed by atoms with Gasteiger partial charge in [0.05, 0.1) is 5.92 Å². The molecule has 2 heterocycles. The van der Waals surface area contributed by atoms with E-state index < -0.39 is 11.6 Å². The first kappa shape index (κ1) is 19.9. The summed E-state index contributed by atoms with van der Waals surface area (Å²) in [6.45, 7) is 2.81. The number of aryl methyl sites for hydroxylation is 1. The van der Waals surface area contributed by atoms with Crippen LogP contribution in [-0.4, -0.2) is 41.6 Å². The number of hydrogen-bond acceptors (Lipinski definition) is 5. The van der Waals surface area contributed by atoms with Gasteiger partial charge in [-0.2, -0.15) is 0 Å². The zero-order chi connectivity index (χ0) is 20.1. The molecule has 0 bridgehead atoms. The topological polar surface area (TPSA) is 97.0 Å². The summed E-state index contributed by atoms with van der Waals surface area (Å²) in [5.41, 5.74) is 1.01. The molecule has 7 heteroatoms. The molecule has 0 unspecified atom stereocenters. The van der Waals surface area contributed by atoms with Crippen LogP contribution in [0.4, 0.5) is 0 Å². The van der Waals surface area contributed by atoms with Gasteiger partial charge in [0.1, 0.15) is 11.3 Å². The van der Waals surface area contributed by atoms with E-state index in [2.05, 4.69) is 6.92 Å². The summed E-state index contributed by atoms with van der Waals surface area (Å²) in [7, 11) is 0. The van der Waals surface area contributed by atoms with Gasteiger partial charge in [-0.15, -0.1) is 0 Å². The lowest BCUT2D eigenvalue weighted by Gasteiger charge is -2.30. The van der Waals surface area contributed by atoms with Crippen LogP contribution in [0.15, 0.2) is 33.5 Å². The second kappa shape index (κ2) is 8.91. The Morgan fingerprint density at radius 2 is 2.00 bits per heavy atom. The van der Waals surface area contributed by atoms with E-state index in [1.54, 1.807) is 17.0 Å². The van der Waals surface area contributed by atoms with Gasteiger partial charge in [-0.3, -0.25) is 9.59 Å². The number of likely N-dealkylation sites (tertiary alicyclic amines) is 1. The van der Waals surface area contributed by atoms with Gasteiger partial charge in [0.15, 0.2) is 6.61 Å². The molecule has 3 rings (SSSR count). The Hall–Kier alpha value is -2.83. The highest BCUT2D eigenvalue weighted by Gasteiger charge is 2.27. The van der Waals surface area contributed by atoms with Crippen LogP contribution < -0.4 is 10.4 Å². The summed E-state index contributed by atoms with van der Waals surface area (Å²) in [4.78, 5) is 36.8. The van der Waals surface area contributed by atoms with Crippen molar-refractivity contribution in [2.24, 2.45) is 5.92 Å². The fraction of sp³-hybridized carbons (Fsp3) is 0.476. The first-order chi connectivity index (χ1) is 13.5. The van der Waals surface area contributed by atoms with Crippen LogP contribution in [0.5, 0.6) is 5.75 Å². The molecule has 1 N–H and O–H groups in total. The predicted octanol–water partition coefficient (Wildman–Crippen LogP) is 2.84. The monoisotopic (exact) mass is 387 g/mol. The number of benzene rings is 1. The number of hydrogen-bond donors (Lipinski definition) is 1. The molecule has 1 aliphatic rings. The number of carbonyl (C=O) groups is 2. The third kappa shape index (κ3) is 4.71. The van der Waals surface area contributed by atoms with E-state index in [1.807, 2.05) is 6.07 Å². The molecule has 0 radical (unpaired) electrons. The molecule has 1 aromatic carbocycles. The van der Waals surface area contributed by atoms with Gasteiger partial charge in [0, 0.05) is 30.6 Å². The lowest BCUT2D eigenvalue weighted by Crippen LogP contribution is -2.42. The fourth-order valence-electron chi connectivity index (χ4n) is 3.49. The minimum atomic E-state index is -0.806. The summed E-state index contributed by atoms with van der Waals surface area (Å²) in [6.07, 6.45) is 3.76. The first-order valence-corrected chi connectivity index (χ1v) is 9.68. The summed E-state index contributed by atoms with van der Waals surface area (Å²) in [5.74, 6) is -0.909. The number of carboxylic acids is 1. The molecule has 1 aliphatic heterocycles. The van der Waals surface area contributed by atoms with E-state index >= 15 is 0 Å². The molecule has 150 valence electrons. The van der Waals surface area contributed by atoms with E-state index in [4.69, 9.17) is 14.3 Å². The van der Waals surface area contributed by atoms with Crippen LogP contribution in [0.3, 0.4) is 0 Å². The predicted molar refractivity (Wildman–Crippen MR) is 104 cm³/mol. The van der Waals surface area contributed by atoms with Gasteiger partial charge in [0.2, 0.25) is 0 Å². The Morgan fingerprint density at radius 1 is 1.25 bits per heavy atom. The summed E-state index contributed by atoms with van der Waals surface area (Å²) >= 11 is 0. The smallest absolute Gasteiger partial charge is 0.336 e. The number of fused-ring (bicyclic) bond motifs is 1. The standard InChI is InChI=1S/C21H25NO6/c1-2-3-4-15-11-20(24)28-18-12-16(5-6-17(15)18)27-13-19(23)22-9-7-14(8-10-22)21(25)26/h5-6,11-12,14H,2-4,7-10,13H2,1H3,(H,25,26). The van der Waals surface area contributed by atoms with Crippen LogP contribution in [0.1, 0.15) is 38.2 Å². The lowest BCUT2D eigenvalue weighted by molar-refractivity contribution is -0.146. The first-order valence-electron chi connectivity index (χ1n) is 9.68. The van der Waals surface area contributed by atoms with Crippen molar-refractivity contribution in [1.29, 1.82) is 0 Å². The number of carboxylic acid groups (broad SMARTS) is 1. The van der Waals surface area contributed by atoms with Crippen molar-refractivity contribution in [3.05, 3.63) is 40.2 Å². The number of amides is 1. The molecule has 28 heavy (non-hydrogen) atoms. The number of piperidine rings is 1. The number of ether oxygens (including phenoxy) is 1. The molecule has 1 aromatic heterocycles. The molecular weight excluding hydrogens is 362 g/mol. The average Bonchev–Trinajstić information content (AvgIpc) is 2.69. The Balaban J connectivity index is 1.64. The fourth-order valence-corrected chi connectivity index (χ4v) is 3.49. The molecule has 1 fully saturated rings. The number of aliphatic carboxylic acids is 1. The highest BCUT2D eigenvalue weighted by Crippen LogP contribution is 2.24. The van der Waals surface area contributed by atoms with Crippen molar-refractivity contribution in [3.8, 4) is 5.75 Å². The quantitative estimate of drug-likeness (QED) is 0.734. The van der Waals surface area contributed by atoms with Crippen molar-refractivity contribution >= 4 is 22.8 Å². The van der Waals surface area contributed by atoms with Crippen LogP contribution in [-0.2, 0) is 16.0 Å². The van der Waals surface area contributed by atoms with Crippen molar-refractivity contribution in [2.75, 3.05) is 19.7 Å². The van der Waals surface area contributed by atoms with Crippen LogP contribution >= 0.6 is 0 Å². The zero-order valence-electron chi connectivity index (χ0n) is 16.0. The van der Waals surface area contributed by atoms with Crippen molar-refractivity contribution in [3.63, 3.8) is 0 Å². The molecule has 1 amide bonds. The minimum absolute atomic E-state index is 0.136. The Labute approximate surface area is 162 Å². The second-order valence-electron chi connectivity index (χ2n) is 7.13. The Kier molecular flexibility index (Phi) is 6.34. The maximum Gasteiger partial charge on any atom is 0.336 e. The zero-order valence-corrected chi connectivity index (χ0v) is 16.0. The molecule has 0 aliphatic carbocycles. The lowest BCUT2D eigenvalue weighted by atomic mass is 9.97. The van der Waals surface area contributed by atoms with Gasteiger partial charge in [-0.25, -0.2) is 4.79 Å². The maximum atomic E-state index is 12.3. The molecule has 0 atom stereocenters. The largest absolute Gasteiger partial charge is 0.484 e. The number of rotatable bonds is 7. The van der Waals surface area contributed by atoms with Crippen molar-refractivity contribution in [2.45, 2.75) is 39.0 Å². The minimum Gasteiger partial charge on any atom is -0.484 e. The maximum absolute atomic E-state index is 12.3. The Bertz CT molecular complexity index is 911. The van der Waals surface area contributed by atoms with E-state index in [-0.39, 0.29) is 18.4 Å². The van der Waals surface area contributed by atoms with Gasteiger partial charge in [-0.1, -0.05) is 13.3 Å². The summed E-state index contributed by atoms with van der Waals surface area (Å²) < 4.78 is 10.9. The summed E-state index contributed by atoms with van der Waals surface area (Å²) in [6, 6.07) is 6.78. The van der Waals surface area contributed by atoms with Gasteiger partial charge >= 0.3 is 11.6 Å². The van der Waals surface area contributed by atoms with E-state index in [0.717, 1.165) is 30.2 Å². The average molecular weight is 387 g/mol. The third-order valence-electron chi connectivity index (χ3n) is 5.16. The van der Waals surface area contributed by atoms with Crippen molar-refractivity contribution < 1.29 is 23.8 Å². The molecule has 1 saturated heterocycles. The molecule has 2 aromatic rings. The van der Waals surface area contributed by atoms with Crippen LogP contribution in [0, 0.1) is 5.92 Å². The highest BCUT2D eigenvalue weighted by atomic mass is 16.5. The molecule has 7 nitrogen and oxygen atoms in total.